The Bertz CT molecular complexity index is 351. The topological polar surface area (TPSA) is 12.0 Å². The van der Waals surface area contributed by atoms with Crippen molar-refractivity contribution in [3.63, 3.8) is 0 Å². The van der Waals surface area contributed by atoms with Crippen LogP contribution in [0.2, 0.25) is 0 Å². The standard InChI is InChI=1S/C16H23N/c1-5-16(13(2)3)17-14(4)11-12-15-9-7-6-8-10-15/h5-10,13,16-17H,1,4,11-12H2,2-3H3. The van der Waals surface area contributed by atoms with Crippen LogP contribution in [0.3, 0.4) is 0 Å². The lowest BCUT2D eigenvalue weighted by atomic mass is 10.0. The lowest BCUT2D eigenvalue weighted by Crippen LogP contribution is -2.30. The van der Waals surface area contributed by atoms with Crippen LogP contribution in [0.25, 0.3) is 0 Å². The van der Waals surface area contributed by atoms with Gasteiger partial charge in [-0.3, -0.25) is 0 Å². The minimum absolute atomic E-state index is 0.318. The molecule has 0 aromatic heterocycles. The van der Waals surface area contributed by atoms with E-state index in [9.17, 15) is 0 Å². The minimum atomic E-state index is 0.318. The van der Waals surface area contributed by atoms with Crippen molar-refractivity contribution in [1.29, 1.82) is 0 Å². The van der Waals surface area contributed by atoms with E-state index in [1.54, 1.807) is 0 Å². The molecule has 0 radical (unpaired) electrons. The number of aryl methyl sites for hydroxylation is 1. The third-order valence-corrected chi connectivity index (χ3v) is 2.90. The van der Waals surface area contributed by atoms with Crippen LogP contribution in [0.15, 0.2) is 55.3 Å². The van der Waals surface area contributed by atoms with Crippen molar-refractivity contribution in [2.45, 2.75) is 32.7 Å². The first-order valence-corrected chi connectivity index (χ1v) is 6.24. The van der Waals surface area contributed by atoms with Gasteiger partial charge in [0.2, 0.25) is 0 Å². The fourth-order valence-corrected chi connectivity index (χ4v) is 1.75. The van der Waals surface area contributed by atoms with E-state index in [1.807, 2.05) is 12.1 Å². The zero-order chi connectivity index (χ0) is 12.7. The van der Waals surface area contributed by atoms with Crippen molar-refractivity contribution < 1.29 is 0 Å². The van der Waals surface area contributed by atoms with Crippen molar-refractivity contribution in [2.24, 2.45) is 5.92 Å². The first kappa shape index (κ1) is 13.6. The fraction of sp³-hybridized carbons (Fsp3) is 0.375. The van der Waals surface area contributed by atoms with Gasteiger partial charge in [0, 0.05) is 11.7 Å². The van der Waals surface area contributed by atoms with Gasteiger partial charge in [0.25, 0.3) is 0 Å². The summed E-state index contributed by atoms with van der Waals surface area (Å²) in [5.41, 5.74) is 2.45. The van der Waals surface area contributed by atoms with Crippen LogP contribution in [-0.2, 0) is 6.42 Å². The molecule has 0 spiro atoms. The van der Waals surface area contributed by atoms with Crippen molar-refractivity contribution in [3.8, 4) is 0 Å². The molecule has 1 nitrogen and oxygen atoms in total. The summed E-state index contributed by atoms with van der Waals surface area (Å²) in [6, 6.07) is 10.8. The molecule has 1 atom stereocenters. The van der Waals surface area contributed by atoms with Gasteiger partial charge in [-0.1, -0.05) is 56.8 Å². The van der Waals surface area contributed by atoms with E-state index in [-0.39, 0.29) is 0 Å². The van der Waals surface area contributed by atoms with Gasteiger partial charge in [-0.25, -0.2) is 0 Å². The van der Waals surface area contributed by atoms with Gasteiger partial charge in [-0.2, -0.15) is 0 Å². The van der Waals surface area contributed by atoms with E-state index in [0.29, 0.717) is 12.0 Å². The molecule has 1 heteroatoms. The molecule has 0 fully saturated rings. The number of nitrogens with one attached hydrogen (secondary N) is 1. The Morgan fingerprint density at radius 2 is 1.94 bits per heavy atom. The number of rotatable bonds is 7. The van der Waals surface area contributed by atoms with Crippen LogP contribution in [0.4, 0.5) is 0 Å². The average molecular weight is 229 g/mol. The Hall–Kier alpha value is -1.50. The molecule has 0 amide bonds. The van der Waals surface area contributed by atoms with Crippen LogP contribution in [0.5, 0.6) is 0 Å². The lowest BCUT2D eigenvalue weighted by Gasteiger charge is -2.21. The highest BCUT2D eigenvalue weighted by Gasteiger charge is 2.08. The molecule has 0 heterocycles. The van der Waals surface area contributed by atoms with Gasteiger partial charge in [-0.05, 0) is 24.3 Å². The van der Waals surface area contributed by atoms with Crippen molar-refractivity contribution in [2.75, 3.05) is 0 Å². The van der Waals surface area contributed by atoms with Gasteiger partial charge in [0.15, 0.2) is 0 Å². The van der Waals surface area contributed by atoms with Crippen molar-refractivity contribution >= 4 is 0 Å². The number of benzene rings is 1. The van der Waals surface area contributed by atoms with E-state index >= 15 is 0 Å². The molecule has 0 aliphatic heterocycles. The predicted molar refractivity (Wildman–Crippen MR) is 75.9 cm³/mol. The predicted octanol–water partition coefficient (Wildman–Crippen LogP) is 3.93. The van der Waals surface area contributed by atoms with Crippen LogP contribution in [0.1, 0.15) is 25.8 Å². The molecule has 1 aromatic rings. The summed E-state index contributed by atoms with van der Waals surface area (Å²) in [6.07, 6.45) is 3.97. The molecule has 0 saturated carbocycles. The fourth-order valence-electron chi connectivity index (χ4n) is 1.75. The molecular formula is C16H23N. The quantitative estimate of drug-likeness (QED) is 0.698. The molecule has 0 saturated heterocycles. The molecule has 1 N–H and O–H groups in total. The Morgan fingerprint density at radius 1 is 1.29 bits per heavy atom. The Kier molecular flexibility index (Phi) is 5.55. The van der Waals surface area contributed by atoms with E-state index in [1.165, 1.54) is 5.56 Å². The number of hydrogen-bond donors (Lipinski definition) is 1. The summed E-state index contributed by atoms with van der Waals surface area (Å²) in [5.74, 6) is 0.543. The highest BCUT2D eigenvalue weighted by molar-refractivity contribution is 5.16. The molecule has 0 bridgehead atoms. The molecule has 1 unspecified atom stereocenters. The maximum Gasteiger partial charge on any atom is 0.0461 e. The Morgan fingerprint density at radius 3 is 2.47 bits per heavy atom. The third-order valence-electron chi connectivity index (χ3n) is 2.90. The summed E-state index contributed by atoms with van der Waals surface area (Å²) in [4.78, 5) is 0. The lowest BCUT2D eigenvalue weighted by molar-refractivity contribution is 0.495. The molecular weight excluding hydrogens is 206 g/mol. The second-order valence-electron chi connectivity index (χ2n) is 4.74. The molecule has 0 aliphatic carbocycles. The molecule has 92 valence electrons. The van der Waals surface area contributed by atoms with E-state index in [0.717, 1.165) is 18.5 Å². The smallest absolute Gasteiger partial charge is 0.0461 e. The summed E-state index contributed by atoms with van der Waals surface area (Å²) < 4.78 is 0. The number of hydrogen-bond acceptors (Lipinski definition) is 1. The zero-order valence-electron chi connectivity index (χ0n) is 10.9. The summed E-state index contributed by atoms with van der Waals surface area (Å²) in [6.45, 7) is 12.3. The van der Waals surface area contributed by atoms with Crippen LogP contribution in [0, 0.1) is 5.92 Å². The maximum atomic E-state index is 4.08. The minimum Gasteiger partial charge on any atom is -0.382 e. The van der Waals surface area contributed by atoms with Gasteiger partial charge in [-0.15, -0.1) is 6.58 Å². The Labute approximate surface area is 105 Å². The molecule has 0 aliphatic rings. The Balaban J connectivity index is 2.37. The second-order valence-corrected chi connectivity index (χ2v) is 4.74. The van der Waals surface area contributed by atoms with Gasteiger partial charge >= 0.3 is 0 Å². The first-order chi connectivity index (χ1) is 8.13. The largest absolute Gasteiger partial charge is 0.382 e. The second kappa shape index (κ2) is 6.95. The summed E-state index contributed by atoms with van der Waals surface area (Å²) >= 11 is 0. The van der Waals surface area contributed by atoms with Crippen LogP contribution in [-0.4, -0.2) is 6.04 Å². The van der Waals surface area contributed by atoms with Gasteiger partial charge in [0.1, 0.15) is 0 Å². The van der Waals surface area contributed by atoms with Crippen molar-refractivity contribution in [3.05, 3.63) is 60.8 Å². The highest BCUT2D eigenvalue weighted by Crippen LogP contribution is 2.09. The SMILES string of the molecule is C=CC(NC(=C)CCc1ccccc1)C(C)C. The average Bonchev–Trinajstić information content (AvgIpc) is 2.34. The molecule has 17 heavy (non-hydrogen) atoms. The van der Waals surface area contributed by atoms with E-state index in [2.05, 4.69) is 56.6 Å². The number of allylic oxidation sites excluding steroid dienone is 1. The summed E-state index contributed by atoms with van der Waals surface area (Å²) in [7, 11) is 0. The first-order valence-electron chi connectivity index (χ1n) is 6.24. The highest BCUT2D eigenvalue weighted by atomic mass is 14.9. The van der Waals surface area contributed by atoms with Crippen LogP contribution >= 0.6 is 0 Å². The normalized spacial score (nSPS) is 12.2. The molecule has 1 rings (SSSR count). The molecule has 1 aromatic carbocycles. The summed E-state index contributed by atoms with van der Waals surface area (Å²) in [5, 5.41) is 3.42. The maximum absolute atomic E-state index is 4.08. The van der Waals surface area contributed by atoms with Crippen LogP contribution < -0.4 is 5.32 Å². The van der Waals surface area contributed by atoms with E-state index < -0.39 is 0 Å². The monoisotopic (exact) mass is 229 g/mol. The zero-order valence-corrected chi connectivity index (χ0v) is 10.9. The van der Waals surface area contributed by atoms with Gasteiger partial charge in [0.05, 0.1) is 0 Å². The third kappa shape index (κ3) is 4.90. The van der Waals surface area contributed by atoms with Gasteiger partial charge < -0.3 is 5.32 Å². The van der Waals surface area contributed by atoms with Crippen molar-refractivity contribution in [1.82, 2.24) is 5.32 Å². The van der Waals surface area contributed by atoms with E-state index in [4.69, 9.17) is 0 Å².